The summed E-state index contributed by atoms with van der Waals surface area (Å²) in [7, 11) is 7.00. The summed E-state index contributed by atoms with van der Waals surface area (Å²) < 4.78 is 42.2. The molecule has 1 aromatic carbocycles. The topological polar surface area (TPSA) is 170 Å². The Morgan fingerprint density at radius 2 is 0.851 bits per heavy atom. The van der Waals surface area contributed by atoms with E-state index in [0.717, 1.165) is 4.90 Å². The van der Waals surface area contributed by atoms with Gasteiger partial charge in [0.05, 0.1) is 60.9 Å². The van der Waals surface area contributed by atoms with Crippen LogP contribution in [0, 0.1) is 58.2 Å². The maximum Gasteiger partial charge on any atom is 0.246 e. The SMILES string of the molecule is COc1ccc(N2C(=O)C34[C@@H]5O[C@@H]([C@@H]6[C@H]5[C@@H]5C(=O)C(=O)[C@H]6C5(OC)OC)C3(C2=O)[C@@H]2O[C@H]4[C@@H]3[C@H]2[C@@H]2C(=O)C(=O)[C@H]3C2(OC)OC)cc1. The van der Waals surface area contributed by atoms with E-state index in [-0.39, 0.29) is 0 Å². The van der Waals surface area contributed by atoms with Gasteiger partial charge in [-0.1, -0.05) is 0 Å². The van der Waals surface area contributed by atoms with Crippen molar-refractivity contribution >= 4 is 40.6 Å². The molecule has 5 heterocycles. The Balaban J connectivity index is 1.22. The van der Waals surface area contributed by atoms with Gasteiger partial charge in [-0.3, -0.25) is 28.8 Å². The number of benzene rings is 1. The predicted octanol–water partition coefficient (Wildman–Crippen LogP) is -0.658. The fraction of sp³-hybridized carbons (Fsp3) is 0.636. The van der Waals surface area contributed by atoms with Crippen molar-refractivity contribution in [3.05, 3.63) is 24.3 Å². The number of ether oxygens (including phenoxy) is 7. The van der Waals surface area contributed by atoms with Crippen LogP contribution in [0.5, 0.6) is 5.75 Å². The van der Waals surface area contributed by atoms with Crippen LogP contribution in [0.4, 0.5) is 5.69 Å². The average Bonchev–Trinajstić information content (AvgIpc) is 3.94. The third kappa shape index (κ3) is 2.33. The molecule has 14 heteroatoms. The molecule has 8 bridgehead atoms. The van der Waals surface area contributed by atoms with Crippen molar-refractivity contribution in [2.45, 2.75) is 36.0 Å². The van der Waals surface area contributed by atoms with E-state index in [9.17, 15) is 19.2 Å². The zero-order chi connectivity index (χ0) is 32.9. The minimum Gasteiger partial charge on any atom is -0.497 e. The minimum atomic E-state index is -1.69. The van der Waals surface area contributed by atoms with Gasteiger partial charge in [-0.25, -0.2) is 4.90 Å². The normalized spacial score (nSPS) is 49.4. The maximum absolute atomic E-state index is 15.3. The second-order valence-corrected chi connectivity index (χ2v) is 14.3. The number of carbonyl (C=O) groups excluding carboxylic acids is 6. The van der Waals surface area contributed by atoms with Crippen LogP contribution in [0.15, 0.2) is 24.3 Å². The van der Waals surface area contributed by atoms with Crippen molar-refractivity contribution in [1.29, 1.82) is 0 Å². The van der Waals surface area contributed by atoms with Gasteiger partial charge in [-0.2, -0.15) is 0 Å². The number of hydrogen-bond donors (Lipinski definition) is 0. The largest absolute Gasteiger partial charge is 0.497 e. The standard InChI is InChI=1S/C33H31NO13/c1-41-11-8-6-10(7-9-11)34-28(39)30-24-12-13(17-21(36)20(35)16(12)32(17,42-2)43-3)25(46-24)31(30,29(34)40)27-15-14(26(30)47-27)18-22(37)23(38)19(15)33(18,44-4)45-5/h6-9,12-19,24-27H,1-5H3/t12-,13+,14+,15-,16+,17-,18-,19+,24+,25-,26-,27+,30?,31?. The molecule has 0 spiro atoms. The van der Waals surface area contributed by atoms with Crippen LogP contribution in [0.1, 0.15) is 0 Å². The third-order valence-corrected chi connectivity index (χ3v) is 14.0. The van der Waals surface area contributed by atoms with Gasteiger partial charge >= 0.3 is 0 Å². The summed E-state index contributed by atoms with van der Waals surface area (Å²) in [6, 6.07) is 6.50. The number of carbonyl (C=O) groups is 6. The Kier molecular flexibility index (Phi) is 5.01. The van der Waals surface area contributed by atoms with E-state index in [0.29, 0.717) is 11.4 Å². The number of amides is 2. The van der Waals surface area contributed by atoms with Gasteiger partial charge in [0.2, 0.25) is 34.9 Å². The lowest BCUT2D eigenvalue weighted by Gasteiger charge is -2.52. The summed E-state index contributed by atoms with van der Waals surface area (Å²) >= 11 is 0. The molecule has 1 aromatic rings. The Labute approximate surface area is 267 Å². The van der Waals surface area contributed by atoms with Gasteiger partial charge in [0.15, 0.2) is 11.6 Å². The van der Waals surface area contributed by atoms with Crippen LogP contribution in [-0.4, -0.2) is 106 Å². The summed E-state index contributed by atoms with van der Waals surface area (Å²) in [5, 5.41) is 0. The molecule has 47 heavy (non-hydrogen) atoms. The fourth-order valence-corrected chi connectivity index (χ4v) is 12.9. The first-order valence-electron chi connectivity index (χ1n) is 15.8. The van der Waals surface area contributed by atoms with Crippen molar-refractivity contribution in [3.8, 4) is 5.75 Å². The van der Waals surface area contributed by atoms with Crippen molar-refractivity contribution in [2.75, 3.05) is 40.4 Å². The number of rotatable bonds is 6. The molecule has 2 amide bonds. The Hall–Kier alpha value is -3.40. The molecule has 0 aromatic heterocycles. The molecule has 4 aliphatic carbocycles. The lowest BCUT2D eigenvalue weighted by molar-refractivity contribution is -0.246. The van der Waals surface area contributed by atoms with Crippen LogP contribution in [0.2, 0.25) is 0 Å². The van der Waals surface area contributed by atoms with E-state index in [4.69, 9.17) is 33.2 Å². The monoisotopic (exact) mass is 649 g/mol. The molecular formula is C33H31NO13. The molecule has 5 aliphatic heterocycles. The second-order valence-electron chi connectivity index (χ2n) is 14.3. The highest BCUT2D eigenvalue weighted by Gasteiger charge is 3.01. The molecular weight excluding hydrogens is 618 g/mol. The molecule has 10 rings (SSSR count). The highest BCUT2D eigenvalue weighted by molar-refractivity contribution is 6.43. The van der Waals surface area contributed by atoms with Gasteiger partial charge < -0.3 is 33.2 Å². The molecule has 0 radical (unpaired) electrons. The van der Waals surface area contributed by atoms with Crippen LogP contribution in [0.25, 0.3) is 0 Å². The molecule has 0 N–H and O–H groups in total. The van der Waals surface area contributed by atoms with Crippen LogP contribution < -0.4 is 9.64 Å². The first kappa shape index (κ1) is 28.6. The van der Waals surface area contributed by atoms with Gasteiger partial charge in [-0.05, 0) is 24.3 Å². The average molecular weight is 650 g/mol. The quantitative estimate of drug-likeness (QED) is 0.216. The smallest absolute Gasteiger partial charge is 0.246 e. The van der Waals surface area contributed by atoms with Gasteiger partial charge in [-0.15, -0.1) is 0 Å². The molecule has 4 saturated carbocycles. The number of anilines is 1. The van der Waals surface area contributed by atoms with Crippen molar-refractivity contribution in [2.24, 2.45) is 58.2 Å². The molecule has 9 fully saturated rings. The Morgan fingerprint density at radius 3 is 1.13 bits per heavy atom. The highest BCUT2D eigenvalue weighted by atomic mass is 16.7. The zero-order valence-electron chi connectivity index (χ0n) is 26.0. The molecule has 14 nitrogen and oxygen atoms in total. The summed E-state index contributed by atoms with van der Waals surface area (Å²) in [4.78, 5) is 86.1. The predicted molar refractivity (Wildman–Crippen MR) is 149 cm³/mol. The lowest BCUT2D eigenvalue weighted by atomic mass is 9.42. The summed E-state index contributed by atoms with van der Waals surface area (Å²) in [6.45, 7) is 0. The van der Waals surface area contributed by atoms with E-state index >= 15 is 9.59 Å². The first-order valence-corrected chi connectivity index (χ1v) is 15.8. The lowest BCUT2D eigenvalue weighted by Crippen LogP contribution is -2.69. The van der Waals surface area contributed by atoms with E-state index in [2.05, 4.69) is 0 Å². The van der Waals surface area contributed by atoms with Crippen molar-refractivity contribution < 1.29 is 61.9 Å². The summed E-state index contributed by atoms with van der Waals surface area (Å²) in [6.07, 6.45) is -4.24. The van der Waals surface area contributed by atoms with Gasteiger partial charge in [0, 0.05) is 52.1 Å². The Bertz CT molecular complexity index is 1580. The minimum absolute atomic E-state index is 0.307. The van der Waals surface area contributed by atoms with E-state index in [1.807, 2.05) is 0 Å². The Morgan fingerprint density at radius 1 is 0.532 bits per heavy atom. The number of hydrogen-bond acceptors (Lipinski definition) is 13. The van der Waals surface area contributed by atoms with Crippen LogP contribution >= 0.6 is 0 Å². The number of Topliss-reactive ketones (excluding diaryl/α,β-unsaturated/α-hetero) is 4. The van der Waals surface area contributed by atoms with E-state index in [1.165, 1.54) is 35.5 Å². The number of fused-ring (bicyclic) bond motifs is 18. The van der Waals surface area contributed by atoms with Crippen LogP contribution in [0.3, 0.4) is 0 Å². The first-order chi connectivity index (χ1) is 22.6. The number of imide groups is 1. The molecule has 246 valence electrons. The molecule has 14 atom stereocenters. The van der Waals surface area contributed by atoms with Crippen LogP contribution in [-0.2, 0) is 57.2 Å². The van der Waals surface area contributed by atoms with Gasteiger partial charge in [0.1, 0.15) is 16.6 Å². The number of ketones is 4. The van der Waals surface area contributed by atoms with Crippen molar-refractivity contribution in [3.63, 3.8) is 0 Å². The molecule has 9 aliphatic rings. The van der Waals surface area contributed by atoms with Gasteiger partial charge in [0.25, 0.3) is 0 Å². The number of nitrogens with zero attached hydrogens (tertiary/aromatic N) is 1. The maximum atomic E-state index is 15.3. The molecule has 5 saturated heterocycles. The third-order valence-electron chi connectivity index (χ3n) is 14.0. The second kappa shape index (κ2) is 8.24. The molecule has 2 unspecified atom stereocenters. The highest BCUT2D eigenvalue weighted by Crippen LogP contribution is 2.85. The number of methoxy groups -OCH3 is 5. The summed E-state index contributed by atoms with van der Waals surface area (Å²) in [5.41, 5.74) is -3.07. The van der Waals surface area contributed by atoms with E-state index in [1.54, 1.807) is 24.3 Å². The van der Waals surface area contributed by atoms with Crippen molar-refractivity contribution in [1.82, 2.24) is 0 Å². The fourth-order valence-electron chi connectivity index (χ4n) is 12.9. The van der Waals surface area contributed by atoms with E-state index < -0.39 is 129 Å². The zero-order valence-corrected chi connectivity index (χ0v) is 26.0. The summed E-state index contributed by atoms with van der Waals surface area (Å²) in [5.74, 6) is -13.7.